The Labute approximate surface area is 167 Å². The number of hydrogen-bond donors (Lipinski definition) is 1. The molecule has 0 radical (unpaired) electrons. The second-order valence-corrected chi connectivity index (χ2v) is 7.27. The molecule has 4 aliphatic rings. The van der Waals surface area contributed by atoms with Crippen LogP contribution in [0.5, 0.6) is 0 Å². The molecule has 2 unspecified atom stereocenters. The molecule has 0 fully saturated rings. The molecule has 1 aromatic carbocycles. The SMILES string of the molecule is C=[N+]1C=C/C(=C2\C=CC=C[CH+]2)C2=CC=C3C(c4ccccc4)=C[CH-][NH+]([CH2-])C3[C-]21. The lowest BCUT2D eigenvalue weighted by atomic mass is 9.75. The molecule has 0 saturated heterocycles. The molecule has 2 aliphatic carbocycles. The van der Waals surface area contributed by atoms with Gasteiger partial charge in [-0.3, -0.25) is 4.58 Å². The Kier molecular flexibility index (Phi) is 4.00. The van der Waals surface area contributed by atoms with E-state index in [2.05, 4.69) is 112 Å². The fourth-order valence-electron chi connectivity index (χ4n) is 4.29. The van der Waals surface area contributed by atoms with Crippen LogP contribution in [0.25, 0.3) is 5.57 Å². The number of nitrogens with zero attached hydrogens (tertiary/aromatic N) is 1. The highest BCUT2D eigenvalue weighted by molar-refractivity contribution is 5.84. The Morgan fingerprint density at radius 1 is 1.14 bits per heavy atom. The number of benzene rings is 1. The summed E-state index contributed by atoms with van der Waals surface area (Å²) in [5.74, 6) is 0. The predicted octanol–water partition coefficient (Wildman–Crippen LogP) is 3.56. The first-order valence-electron chi connectivity index (χ1n) is 9.53. The Bertz CT molecular complexity index is 1040. The van der Waals surface area contributed by atoms with Crippen molar-refractivity contribution in [1.82, 2.24) is 0 Å². The third-order valence-electron chi connectivity index (χ3n) is 5.63. The number of hydrogen-bond acceptors (Lipinski definition) is 0. The van der Waals surface area contributed by atoms with Crippen molar-refractivity contribution in [2.24, 2.45) is 0 Å². The van der Waals surface area contributed by atoms with Crippen molar-refractivity contribution in [3.05, 3.63) is 139 Å². The average Bonchev–Trinajstić information content (AvgIpc) is 2.75. The largest absolute Gasteiger partial charge is 0.507 e. The van der Waals surface area contributed by atoms with Gasteiger partial charge in [-0.15, -0.1) is 12.2 Å². The number of allylic oxidation sites excluding steroid dienone is 8. The Morgan fingerprint density at radius 2 is 2.00 bits per heavy atom. The first-order chi connectivity index (χ1) is 13.7. The van der Waals surface area contributed by atoms with E-state index in [0.717, 1.165) is 4.90 Å². The highest BCUT2D eigenvalue weighted by Crippen LogP contribution is 2.42. The zero-order valence-corrected chi connectivity index (χ0v) is 15.7. The number of rotatable bonds is 1. The van der Waals surface area contributed by atoms with E-state index in [-0.39, 0.29) is 6.04 Å². The molecule has 0 saturated carbocycles. The lowest BCUT2D eigenvalue weighted by Crippen LogP contribution is -3.10. The summed E-state index contributed by atoms with van der Waals surface area (Å²) < 4.78 is 2.00. The molecule has 136 valence electrons. The number of nitrogens with one attached hydrogen (secondary N) is 1. The molecule has 1 N–H and O–H groups in total. The van der Waals surface area contributed by atoms with Gasteiger partial charge in [0, 0.05) is 36.3 Å². The van der Waals surface area contributed by atoms with E-state index in [1.165, 1.54) is 39.5 Å². The first-order valence-corrected chi connectivity index (χ1v) is 9.53. The van der Waals surface area contributed by atoms with Gasteiger partial charge in [-0.1, -0.05) is 59.7 Å². The summed E-state index contributed by atoms with van der Waals surface area (Å²) in [5, 5.41) is 0. The Hall–Kier alpha value is -3.36. The average molecular weight is 362 g/mol. The Balaban J connectivity index is 1.65. The first kappa shape index (κ1) is 16.8. The van der Waals surface area contributed by atoms with Crippen LogP contribution < -0.4 is 4.90 Å². The van der Waals surface area contributed by atoms with E-state index >= 15 is 0 Å². The summed E-state index contributed by atoms with van der Waals surface area (Å²) >= 11 is 0. The summed E-state index contributed by atoms with van der Waals surface area (Å²) in [6, 6.07) is 11.9. The summed E-state index contributed by atoms with van der Waals surface area (Å²) in [5.41, 5.74) is 7.44. The van der Waals surface area contributed by atoms with Gasteiger partial charge in [-0.2, -0.15) is 18.7 Å². The molecule has 2 heterocycles. The van der Waals surface area contributed by atoms with Crippen LogP contribution in [0.4, 0.5) is 0 Å². The molecule has 0 bridgehead atoms. The van der Waals surface area contributed by atoms with Crippen LogP contribution in [0.15, 0.2) is 107 Å². The summed E-state index contributed by atoms with van der Waals surface area (Å²) in [7, 11) is 4.37. The second-order valence-electron chi connectivity index (χ2n) is 7.27. The van der Waals surface area contributed by atoms with Gasteiger partial charge in [0.15, 0.2) is 6.04 Å². The molecular formula is C26H22N2. The van der Waals surface area contributed by atoms with Crippen LogP contribution >= 0.6 is 0 Å². The maximum absolute atomic E-state index is 4.37. The zero-order chi connectivity index (χ0) is 19.1. The van der Waals surface area contributed by atoms with Gasteiger partial charge in [0.25, 0.3) is 0 Å². The van der Waals surface area contributed by atoms with Crippen LogP contribution in [-0.4, -0.2) is 17.3 Å². The molecule has 2 nitrogen and oxygen atoms in total. The van der Waals surface area contributed by atoms with E-state index in [1.807, 2.05) is 4.58 Å². The van der Waals surface area contributed by atoms with Gasteiger partial charge < -0.3 is 4.90 Å². The van der Waals surface area contributed by atoms with Crippen LogP contribution in [0.1, 0.15) is 5.56 Å². The highest BCUT2D eigenvalue weighted by atomic mass is 15.2. The standard InChI is InChI=1S/C26H22N2/c1-27-17-15-21(19-9-5-3-6-10-19)23-13-14-24-22(20-11-7-4-8-12-20)16-18-28(2)26(24)25(23)27/h3-18,25,27H,1-2H2. The summed E-state index contributed by atoms with van der Waals surface area (Å²) in [6.07, 6.45) is 21.4. The quantitative estimate of drug-likeness (QED) is 0.577. The summed E-state index contributed by atoms with van der Waals surface area (Å²) in [6.45, 7) is 6.43. The molecule has 0 spiro atoms. The molecule has 28 heavy (non-hydrogen) atoms. The molecule has 0 amide bonds. The van der Waals surface area contributed by atoms with Gasteiger partial charge in [0.2, 0.25) is 0 Å². The van der Waals surface area contributed by atoms with E-state index in [9.17, 15) is 0 Å². The maximum atomic E-state index is 4.37. The van der Waals surface area contributed by atoms with Crippen molar-refractivity contribution < 1.29 is 9.48 Å². The number of fused-ring (bicyclic) bond motifs is 3. The monoisotopic (exact) mass is 362 g/mol. The van der Waals surface area contributed by atoms with E-state index < -0.39 is 0 Å². The predicted molar refractivity (Wildman–Crippen MR) is 114 cm³/mol. The van der Waals surface area contributed by atoms with Crippen LogP contribution in [0.3, 0.4) is 0 Å². The van der Waals surface area contributed by atoms with Crippen molar-refractivity contribution in [3.8, 4) is 0 Å². The summed E-state index contributed by atoms with van der Waals surface area (Å²) in [4.78, 5) is 1.10. The molecular weight excluding hydrogens is 340 g/mol. The zero-order valence-electron chi connectivity index (χ0n) is 15.7. The number of quaternary nitrogens is 1. The lowest BCUT2D eigenvalue weighted by molar-refractivity contribution is -0.846. The van der Waals surface area contributed by atoms with Gasteiger partial charge in [-0.25, -0.2) is 0 Å². The molecule has 2 heteroatoms. The maximum Gasteiger partial charge on any atom is 0.176 e. The smallest absolute Gasteiger partial charge is 0.176 e. The van der Waals surface area contributed by atoms with Crippen molar-refractivity contribution in [3.63, 3.8) is 0 Å². The fourth-order valence-corrected chi connectivity index (χ4v) is 4.29. The van der Waals surface area contributed by atoms with E-state index in [0.29, 0.717) is 0 Å². The molecule has 2 aliphatic heterocycles. The normalized spacial score (nSPS) is 27.8. The molecule has 2 atom stereocenters. The Morgan fingerprint density at radius 3 is 2.79 bits per heavy atom. The third kappa shape index (κ3) is 2.62. The molecule has 1 aromatic rings. The van der Waals surface area contributed by atoms with Crippen LogP contribution in [0, 0.1) is 26.1 Å². The van der Waals surface area contributed by atoms with Crippen molar-refractivity contribution in [1.29, 1.82) is 0 Å². The minimum Gasteiger partial charge on any atom is -0.507 e. The van der Waals surface area contributed by atoms with Gasteiger partial charge in [0.1, 0.15) is 12.2 Å². The second kappa shape index (κ2) is 6.66. The third-order valence-corrected chi connectivity index (χ3v) is 5.63. The van der Waals surface area contributed by atoms with Crippen LogP contribution in [0.2, 0.25) is 0 Å². The van der Waals surface area contributed by atoms with Crippen molar-refractivity contribution in [2.45, 2.75) is 6.04 Å². The fraction of sp³-hybridized carbons (Fsp3) is 0.0385. The van der Waals surface area contributed by atoms with Crippen molar-refractivity contribution >= 4 is 12.3 Å². The molecule has 0 aromatic heterocycles. The minimum atomic E-state index is 0.112. The molecule has 5 rings (SSSR count). The van der Waals surface area contributed by atoms with Crippen molar-refractivity contribution in [2.75, 3.05) is 0 Å². The van der Waals surface area contributed by atoms with E-state index in [1.54, 1.807) is 0 Å². The minimum absolute atomic E-state index is 0.112. The topological polar surface area (TPSA) is 7.45 Å². The highest BCUT2D eigenvalue weighted by Gasteiger charge is 2.39. The van der Waals surface area contributed by atoms with Crippen LogP contribution in [-0.2, 0) is 0 Å². The van der Waals surface area contributed by atoms with Gasteiger partial charge in [0.05, 0.1) is 6.72 Å². The van der Waals surface area contributed by atoms with Gasteiger partial charge in [-0.05, 0) is 5.57 Å². The lowest BCUT2D eigenvalue weighted by Gasteiger charge is -2.49. The van der Waals surface area contributed by atoms with Gasteiger partial charge >= 0.3 is 0 Å². The van der Waals surface area contributed by atoms with E-state index in [4.69, 9.17) is 0 Å².